The molecule has 5 aromatic rings. The first-order valence-corrected chi connectivity index (χ1v) is 23.8. The molecule has 10 rings (SSSR count). The van der Waals surface area contributed by atoms with Crippen molar-refractivity contribution in [2.24, 2.45) is 17.3 Å². The predicted octanol–water partition coefficient (Wildman–Crippen LogP) is 6.96. The van der Waals surface area contributed by atoms with Gasteiger partial charge in [-0.1, -0.05) is 82.3 Å². The molecule has 4 atom stereocenters. The van der Waals surface area contributed by atoms with Crippen molar-refractivity contribution in [2.45, 2.75) is 84.2 Å². The van der Waals surface area contributed by atoms with E-state index in [1.807, 2.05) is 87.3 Å². The second-order valence-corrected chi connectivity index (χ2v) is 19.7. The zero-order valence-corrected chi connectivity index (χ0v) is 40.1. The van der Waals surface area contributed by atoms with Crippen molar-refractivity contribution < 1.29 is 42.9 Å². The number of hydrogen-bond acceptors (Lipinski definition) is 11. The molecule has 3 aromatic carbocycles. The van der Waals surface area contributed by atoms with Crippen molar-refractivity contribution in [2.75, 3.05) is 40.8 Å². The fraction of sp³-hybridized carbons (Fsp3) is 0.431. The van der Waals surface area contributed by atoms with E-state index < -0.39 is 30.3 Å². The summed E-state index contributed by atoms with van der Waals surface area (Å²) in [6.45, 7) is 9.16. The monoisotopic (exact) mass is 954 g/mol. The molecule has 2 unspecified atom stereocenters. The summed E-state index contributed by atoms with van der Waals surface area (Å²) >= 11 is 0. The summed E-state index contributed by atoms with van der Waals surface area (Å²) in [6.07, 6.45) is 5.13. The number of nitrogens with one attached hydrogen (secondary N) is 4. The van der Waals surface area contributed by atoms with Crippen LogP contribution in [0.1, 0.15) is 81.8 Å². The fourth-order valence-corrected chi connectivity index (χ4v) is 10.2. The van der Waals surface area contributed by atoms with Crippen LogP contribution in [-0.4, -0.2) is 122 Å². The van der Waals surface area contributed by atoms with Gasteiger partial charge in [-0.2, -0.15) is 0 Å². The van der Waals surface area contributed by atoms with Gasteiger partial charge < -0.3 is 59.1 Å². The number of nitrogens with zero attached hydrogens (tertiary/aromatic N) is 6. The summed E-state index contributed by atoms with van der Waals surface area (Å²) in [7, 11) is 2.54. The van der Waals surface area contributed by atoms with E-state index in [9.17, 15) is 24.0 Å². The highest BCUT2D eigenvalue weighted by Crippen LogP contribution is 2.58. The minimum atomic E-state index is -0.911. The van der Waals surface area contributed by atoms with Crippen LogP contribution in [0.2, 0.25) is 0 Å². The molecule has 1 aliphatic carbocycles. The van der Waals surface area contributed by atoms with E-state index in [1.54, 1.807) is 20.9 Å². The number of imidazole rings is 2. The molecule has 6 amide bonds. The van der Waals surface area contributed by atoms with Gasteiger partial charge in [-0.05, 0) is 70.4 Å². The van der Waals surface area contributed by atoms with Crippen molar-refractivity contribution in [3.05, 3.63) is 95.8 Å². The molecule has 0 bridgehead atoms. The van der Waals surface area contributed by atoms with Crippen LogP contribution in [0.4, 0.5) is 14.4 Å². The molecule has 5 aliphatic rings. The first kappa shape index (κ1) is 46.2. The molecule has 1 saturated carbocycles. The Bertz CT molecular complexity index is 2820. The lowest BCUT2D eigenvalue weighted by Gasteiger charge is -2.30. The minimum Gasteiger partial charge on any atom is -0.454 e. The highest BCUT2D eigenvalue weighted by atomic mass is 16.7. The zero-order valence-electron chi connectivity index (χ0n) is 40.1. The number of aromatic amines is 2. The molecule has 70 heavy (non-hydrogen) atoms. The number of aromatic nitrogens is 4. The summed E-state index contributed by atoms with van der Waals surface area (Å²) < 4.78 is 21.0. The lowest BCUT2D eigenvalue weighted by molar-refractivity contribution is -0.136. The van der Waals surface area contributed by atoms with Crippen LogP contribution in [0, 0.1) is 17.3 Å². The molecular weight excluding hydrogens is 897 g/mol. The molecule has 19 nitrogen and oxygen atoms in total. The predicted molar refractivity (Wildman–Crippen MR) is 254 cm³/mol. The van der Waals surface area contributed by atoms with Crippen molar-refractivity contribution in [1.29, 1.82) is 0 Å². The van der Waals surface area contributed by atoms with Crippen LogP contribution in [0.25, 0.3) is 33.6 Å². The molecule has 6 heterocycles. The number of H-pyrrole nitrogens is 2. The Hall–Kier alpha value is -7.57. The summed E-state index contributed by atoms with van der Waals surface area (Å²) in [5, 5.41) is 5.43. The van der Waals surface area contributed by atoms with Crippen LogP contribution >= 0.6 is 0 Å². The van der Waals surface area contributed by atoms with Crippen molar-refractivity contribution in [3.63, 3.8) is 0 Å². The Morgan fingerprint density at radius 3 is 1.77 bits per heavy atom. The quantitative estimate of drug-likeness (QED) is 0.106. The van der Waals surface area contributed by atoms with Crippen LogP contribution in [0.5, 0.6) is 11.5 Å². The second kappa shape index (κ2) is 18.4. The van der Waals surface area contributed by atoms with Crippen LogP contribution < -0.4 is 20.1 Å². The standard InChI is InChI=1S/C51H58N10O9/c1-28(2)41(56-48(64)67-5)46(62)60-25-51(17-18-51)19-38(60)44-52-20-36(54-44)32-11-7-30(8-12-32)31-9-13-33(14-10-31)37-21-53-45(55-37)39-24-59(26-61(39)47(63)42(29(3)4)57-49(65)68-6)50(66)58-22-34-15-16-40-43(35(34)23-58)70-27-69-40/h7-16,20-21,28-29,38-39,41-42H,17-19,22-27H2,1-6H3,(H,52,54)(H,53,55)(H,56,64)(H,57,65)/t38?,39?,41-,42-/m0/s1. The third-order valence-corrected chi connectivity index (χ3v) is 14.4. The number of carbonyl (C=O) groups is 5. The summed E-state index contributed by atoms with van der Waals surface area (Å²) in [5.74, 6) is 1.66. The minimum absolute atomic E-state index is 0.0126. The van der Waals surface area contributed by atoms with Gasteiger partial charge in [-0.3, -0.25) is 9.59 Å². The molecule has 366 valence electrons. The number of hydrogen-bond donors (Lipinski definition) is 4. The first-order valence-electron chi connectivity index (χ1n) is 23.8. The van der Waals surface area contributed by atoms with Gasteiger partial charge in [0.25, 0.3) is 0 Å². The summed E-state index contributed by atoms with van der Waals surface area (Å²) in [5.41, 5.74) is 7.41. The Labute approximate surface area is 405 Å². The number of urea groups is 1. The molecule has 1 spiro atoms. The van der Waals surface area contributed by atoms with Crippen molar-refractivity contribution in [1.82, 2.24) is 50.2 Å². The van der Waals surface area contributed by atoms with Gasteiger partial charge in [0.05, 0.1) is 63.8 Å². The number of amides is 6. The maximum Gasteiger partial charge on any atom is 0.407 e. The molecule has 2 aromatic heterocycles. The molecule has 3 fully saturated rings. The van der Waals surface area contributed by atoms with E-state index in [0.717, 1.165) is 69.9 Å². The largest absolute Gasteiger partial charge is 0.454 e. The molecule has 19 heteroatoms. The number of carbonyl (C=O) groups excluding carboxylic acids is 5. The van der Waals surface area contributed by atoms with E-state index in [1.165, 1.54) is 14.2 Å². The third-order valence-electron chi connectivity index (χ3n) is 14.4. The number of alkyl carbamates (subject to hydrolysis) is 2. The molecule has 2 saturated heterocycles. The first-order chi connectivity index (χ1) is 33.7. The zero-order chi connectivity index (χ0) is 49.0. The van der Waals surface area contributed by atoms with Gasteiger partial charge in [0.15, 0.2) is 11.5 Å². The van der Waals surface area contributed by atoms with Crippen molar-refractivity contribution >= 4 is 30.0 Å². The smallest absolute Gasteiger partial charge is 0.407 e. The topological polar surface area (TPSA) is 217 Å². The summed E-state index contributed by atoms with van der Waals surface area (Å²) in [4.78, 5) is 90.4. The molecule has 4 N–H and O–H groups in total. The van der Waals surface area contributed by atoms with E-state index in [0.29, 0.717) is 37.0 Å². The van der Waals surface area contributed by atoms with E-state index in [2.05, 4.69) is 32.7 Å². The van der Waals surface area contributed by atoms with Gasteiger partial charge >= 0.3 is 18.2 Å². The Kier molecular flexibility index (Phi) is 12.1. The molecule has 4 aliphatic heterocycles. The second-order valence-electron chi connectivity index (χ2n) is 19.7. The Balaban J connectivity index is 0.834. The van der Waals surface area contributed by atoms with Crippen LogP contribution in [0.3, 0.4) is 0 Å². The van der Waals surface area contributed by atoms with Gasteiger partial charge in [0, 0.05) is 18.7 Å². The highest BCUT2D eigenvalue weighted by Gasteiger charge is 2.55. The molecule has 0 radical (unpaired) electrons. The van der Waals surface area contributed by atoms with Gasteiger partial charge in [-0.15, -0.1) is 0 Å². The Morgan fingerprint density at radius 1 is 0.686 bits per heavy atom. The van der Waals surface area contributed by atoms with E-state index in [4.69, 9.17) is 28.9 Å². The van der Waals surface area contributed by atoms with E-state index >= 15 is 0 Å². The average Bonchev–Trinajstić information content (AvgIpc) is 4.12. The Morgan fingerprint density at radius 2 is 1.23 bits per heavy atom. The lowest BCUT2D eigenvalue weighted by atomic mass is 10.0. The SMILES string of the molecule is COC(=O)N[C@H](C(=O)N1CN(C(=O)N2Cc3ccc4c(c3C2)OCO4)CC1c1ncc(-c2ccc(-c3ccc(-c4cnc(C5CC6(CC6)CN5C(=O)[C@@H](NC(=O)OC)C(C)C)[nH]4)cc3)cc2)[nH]1)C(C)C. The highest BCUT2D eigenvalue weighted by molar-refractivity contribution is 5.88. The summed E-state index contributed by atoms with van der Waals surface area (Å²) in [6, 6.07) is 17.4. The maximum absolute atomic E-state index is 14.4. The number of rotatable bonds is 11. The molecular formula is C51H58N10O9. The number of ether oxygens (including phenoxy) is 4. The fourth-order valence-electron chi connectivity index (χ4n) is 10.2. The van der Waals surface area contributed by atoms with Crippen LogP contribution in [-0.2, 0) is 32.2 Å². The third kappa shape index (κ3) is 8.72. The number of methoxy groups -OCH3 is 2. The lowest BCUT2D eigenvalue weighted by Crippen LogP contribution is -2.52. The van der Waals surface area contributed by atoms with Crippen molar-refractivity contribution in [3.8, 4) is 45.1 Å². The maximum atomic E-state index is 14.4. The van der Waals surface area contributed by atoms with Gasteiger partial charge in [-0.25, -0.2) is 24.4 Å². The van der Waals surface area contributed by atoms with Crippen LogP contribution in [0.15, 0.2) is 73.1 Å². The van der Waals surface area contributed by atoms with E-state index in [-0.39, 0.29) is 61.1 Å². The number of benzene rings is 3. The van der Waals surface area contributed by atoms with Gasteiger partial charge in [0.2, 0.25) is 18.6 Å². The number of likely N-dealkylation sites (tertiary alicyclic amines) is 1. The number of fused-ring (bicyclic) bond motifs is 3. The van der Waals surface area contributed by atoms with Gasteiger partial charge in [0.1, 0.15) is 29.8 Å². The average molecular weight is 955 g/mol. The normalized spacial score (nSPS) is 19.4.